The van der Waals surface area contributed by atoms with Gasteiger partial charge < -0.3 is 15.0 Å². The van der Waals surface area contributed by atoms with Gasteiger partial charge in [-0.05, 0) is 31.0 Å². The van der Waals surface area contributed by atoms with Crippen molar-refractivity contribution >= 4 is 23.5 Å². The fourth-order valence-electron chi connectivity index (χ4n) is 2.72. The monoisotopic (exact) mass is 370 g/mol. The molecule has 26 heavy (non-hydrogen) atoms. The van der Waals surface area contributed by atoms with Crippen LogP contribution in [0.15, 0.2) is 24.3 Å². The molecule has 1 aliphatic heterocycles. The van der Waals surface area contributed by atoms with Crippen molar-refractivity contribution < 1.29 is 32.3 Å². The van der Waals surface area contributed by atoms with E-state index in [2.05, 4.69) is 5.32 Å². The van der Waals surface area contributed by atoms with E-state index in [4.69, 9.17) is 4.74 Å². The molecule has 9 heteroatoms. The van der Waals surface area contributed by atoms with Crippen molar-refractivity contribution in [1.29, 1.82) is 0 Å². The summed E-state index contributed by atoms with van der Waals surface area (Å²) in [6.45, 7) is -0.507. The Kier molecular flexibility index (Phi) is 4.88. The Morgan fingerprint density at radius 1 is 1.27 bits per heavy atom. The van der Waals surface area contributed by atoms with Gasteiger partial charge in [-0.2, -0.15) is 13.2 Å². The predicted octanol–water partition coefficient (Wildman–Crippen LogP) is 1.88. The molecule has 2 aliphatic rings. The van der Waals surface area contributed by atoms with Crippen molar-refractivity contribution in [3.63, 3.8) is 0 Å². The molecule has 2 amide bonds. The second-order valence-electron chi connectivity index (χ2n) is 6.40. The third-order valence-electron chi connectivity index (χ3n) is 4.23. The quantitative estimate of drug-likeness (QED) is 0.803. The number of nitrogens with one attached hydrogen (secondary N) is 1. The summed E-state index contributed by atoms with van der Waals surface area (Å²) in [5.74, 6) is -2.39. The topological polar surface area (TPSA) is 75.7 Å². The number of rotatable bonds is 5. The summed E-state index contributed by atoms with van der Waals surface area (Å²) >= 11 is 0. The lowest BCUT2D eigenvalue weighted by Gasteiger charge is -2.18. The molecular weight excluding hydrogens is 353 g/mol. The Hall–Kier alpha value is -2.58. The van der Waals surface area contributed by atoms with E-state index in [0.29, 0.717) is 0 Å². The van der Waals surface area contributed by atoms with Gasteiger partial charge in [-0.25, -0.2) is 0 Å². The average molecular weight is 370 g/mol. The molecule has 0 unspecified atom stereocenters. The number of hydrogen-bond acceptors (Lipinski definition) is 4. The maximum absolute atomic E-state index is 12.8. The molecular formula is C17H17F3N2O4. The van der Waals surface area contributed by atoms with Crippen molar-refractivity contribution in [1.82, 2.24) is 5.32 Å². The molecule has 1 N–H and O–H groups in total. The second kappa shape index (κ2) is 6.97. The van der Waals surface area contributed by atoms with Crippen LogP contribution in [-0.4, -0.2) is 37.0 Å². The van der Waals surface area contributed by atoms with Crippen molar-refractivity contribution in [3.8, 4) is 0 Å². The zero-order valence-corrected chi connectivity index (χ0v) is 13.7. The van der Waals surface area contributed by atoms with E-state index in [1.807, 2.05) is 0 Å². The summed E-state index contributed by atoms with van der Waals surface area (Å²) in [4.78, 5) is 36.8. The maximum atomic E-state index is 12.8. The second-order valence-corrected chi connectivity index (χ2v) is 6.40. The first-order valence-corrected chi connectivity index (χ1v) is 8.17. The van der Waals surface area contributed by atoms with Gasteiger partial charge in [0.05, 0.1) is 11.5 Å². The van der Waals surface area contributed by atoms with Gasteiger partial charge in [0.1, 0.15) is 0 Å². The Labute approximate surface area is 147 Å². The van der Waals surface area contributed by atoms with E-state index in [-0.39, 0.29) is 24.7 Å². The van der Waals surface area contributed by atoms with Gasteiger partial charge in [0.2, 0.25) is 5.91 Å². The van der Waals surface area contributed by atoms with Crippen LogP contribution >= 0.6 is 0 Å². The number of benzene rings is 1. The fourth-order valence-corrected chi connectivity index (χ4v) is 2.72. The van der Waals surface area contributed by atoms with Gasteiger partial charge in [-0.1, -0.05) is 6.07 Å². The highest BCUT2D eigenvalue weighted by molar-refractivity contribution is 5.99. The minimum Gasteiger partial charge on any atom is -0.455 e. The Morgan fingerprint density at radius 2 is 2.00 bits per heavy atom. The standard InChI is InChI=1S/C17H17F3N2O4/c18-17(19,20)11-2-1-3-13(7-11)22-8-10(6-15(22)24)16(25)26-9-14(23)21-12-4-5-12/h1-3,7,10,12H,4-6,8-9H2,(H,21,23)/t10-/m1/s1. The van der Waals surface area contributed by atoms with Crippen molar-refractivity contribution in [2.24, 2.45) is 5.92 Å². The molecule has 6 nitrogen and oxygen atoms in total. The van der Waals surface area contributed by atoms with Crippen molar-refractivity contribution in [3.05, 3.63) is 29.8 Å². The number of esters is 1. The molecule has 1 heterocycles. The molecule has 3 rings (SSSR count). The number of amides is 2. The van der Waals surface area contributed by atoms with Crippen molar-refractivity contribution in [2.75, 3.05) is 18.1 Å². The largest absolute Gasteiger partial charge is 0.455 e. The molecule has 1 aliphatic carbocycles. The maximum Gasteiger partial charge on any atom is 0.416 e. The molecule has 0 bridgehead atoms. The lowest BCUT2D eigenvalue weighted by molar-refractivity contribution is -0.152. The number of alkyl halides is 3. The number of carbonyl (C=O) groups excluding carboxylic acids is 3. The number of nitrogens with zero attached hydrogens (tertiary/aromatic N) is 1. The summed E-state index contributed by atoms with van der Waals surface area (Å²) < 4.78 is 43.4. The van der Waals surface area contributed by atoms with Gasteiger partial charge in [-0.15, -0.1) is 0 Å². The van der Waals surface area contributed by atoms with Gasteiger partial charge in [0, 0.05) is 24.7 Å². The van der Waals surface area contributed by atoms with E-state index in [0.717, 1.165) is 29.9 Å². The Bertz CT molecular complexity index is 731. The summed E-state index contributed by atoms with van der Waals surface area (Å²) in [6.07, 6.45) is -2.88. The SMILES string of the molecule is O=C(COC(=O)[C@@H]1CC(=O)N(c2cccc(C(F)(F)F)c2)C1)NC1CC1. The zero-order chi connectivity index (χ0) is 18.9. The fraction of sp³-hybridized carbons (Fsp3) is 0.471. The third kappa shape index (κ3) is 4.33. The Balaban J connectivity index is 1.59. The van der Waals surface area contributed by atoms with Gasteiger partial charge in [-0.3, -0.25) is 14.4 Å². The molecule has 1 aromatic carbocycles. The highest BCUT2D eigenvalue weighted by Gasteiger charge is 2.38. The van der Waals surface area contributed by atoms with Crippen LogP contribution in [0.5, 0.6) is 0 Å². The number of ether oxygens (including phenoxy) is 1. The molecule has 140 valence electrons. The minimum atomic E-state index is -4.52. The molecule has 0 spiro atoms. The van der Waals surface area contributed by atoms with Crippen LogP contribution in [0.4, 0.5) is 18.9 Å². The Morgan fingerprint density at radius 3 is 2.65 bits per heavy atom. The summed E-state index contributed by atoms with van der Waals surface area (Å²) in [6, 6.07) is 4.51. The molecule has 1 saturated heterocycles. The van der Waals surface area contributed by atoms with Crippen LogP contribution in [0.1, 0.15) is 24.8 Å². The van der Waals surface area contributed by atoms with Crippen LogP contribution in [0, 0.1) is 5.92 Å². The van der Waals surface area contributed by atoms with E-state index in [1.165, 1.54) is 12.1 Å². The lowest BCUT2D eigenvalue weighted by atomic mass is 10.1. The first-order chi connectivity index (χ1) is 12.2. The molecule has 0 aromatic heterocycles. The van der Waals surface area contributed by atoms with E-state index < -0.39 is 42.0 Å². The van der Waals surface area contributed by atoms with Crippen molar-refractivity contribution in [2.45, 2.75) is 31.5 Å². The highest BCUT2D eigenvalue weighted by Crippen LogP contribution is 2.33. The van der Waals surface area contributed by atoms with E-state index in [1.54, 1.807) is 0 Å². The third-order valence-corrected chi connectivity index (χ3v) is 4.23. The lowest BCUT2D eigenvalue weighted by Crippen LogP contribution is -2.32. The normalized spacial score (nSPS) is 20.2. The molecule has 1 atom stereocenters. The van der Waals surface area contributed by atoms with Gasteiger partial charge in [0.15, 0.2) is 6.61 Å². The highest BCUT2D eigenvalue weighted by atomic mass is 19.4. The number of carbonyl (C=O) groups is 3. The van der Waals surface area contributed by atoms with E-state index >= 15 is 0 Å². The predicted molar refractivity (Wildman–Crippen MR) is 84.0 cm³/mol. The number of halogens is 3. The average Bonchev–Trinajstić information content (AvgIpc) is 3.31. The molecule has 0 radical (unpaired) electrons. The van der Waals surface area contributed by atoms with Crippen LogP contribution in [0.25, 0.3) is 0 Å². The van der Waals surface area contributed by atoms with Gasteiger partial charge >= 0.3 is 12.1 Å². The first kappa shape index (κ1) is 18.2. The number of anilines is 1. The minimum absolute atomic E-state index is 0.0756. The molecule has 1 saturated carbocycles. The summed E-state index contributed by atoms with van der Waals surface area (Å²) in [5, 5.41) is 2.66. The van der Waals surface area contributed by atoms with Crippen LogP contribution in [0.2, 0.25) is 0 Å². The summed E-state index contributed by atoms with van der Waals surface area (Å²) in [7, 11) is 0. The number of hydrogen-bond donors (Lipinski definition) is 1. The van der Waals surface area contributed by atoms with E-state index in [9.17, 15) is 27.6 Å². The first-order valence-electron chi connectivity index (χ1n) is 8.17. The van der Waals surface area contributed by atoms with Gasteiger partial charge in [0.25, 0.3) is 5.91 Å². The zero-order valence-electron chi connectivity index (χ0n) is 13.7. The summed E-state index contributed by atoms with van der Waals surface area (Å²) in [5.41, 5.74) is -0.794. The van der Waals surface area contributed by atoms with Crippen LogP contribution in [-0.2, 0) is 25.3 Å². The van der Waals surface area contributed by atoms with Crippen LogP contribution < -0.4 is 10.2 Å². The smallest absolute Gasteiger partial charge is 0.416 e. The van der Waals surface area contributed by atoms with Crippen LogP contribution in [0.3, 0.4) is 0 Å². The molecule has 1 aromatic rings. The molecule has 2 fully saturated rings.